The molecule has 2 nitrogen and oxygen atoms in total. The van der Waals surface area contributed by atoms with Crippen molar-refractivity contribution in [1.82, 2.24) is 5.32 Å². The van der Waals surface area contributed by atoms with Gasteiger partial charge in [-0.15, -0.1) is 0 Å². The Bertz CT molecular complexity index is 395. The number of carbonyl (C=O) groups is 1. The van der Waals surface area contributed by atoms with E-state index < -0.39 is 0 Å². The van der Waals surface area contributed by atoms with Crippen molar-refractivity contribution in [2.75, 3.05) is 0 Å². The summed E-state index contributed by atoms with van der Waals surface area (Å²) in [4.78, 5) is 12.1. The molecule has 0 aromatic heterocycles. The Balaban J connectivity index is 1.91. The minimum absolute atomic E-state index is 0.108. The van der Waals surface area contributed by atoms with Crippen LogP contribution in [0.4, 0.5) is 0 Å². The smallest absolute Gasteiger partial charge is 0.223 e. The van der Waals surface area contributed by atoms with Gasteiger partial charge >= 0.3 is 0 Å². The number of carbonyl (C=O) groups excluding carboxylic acids is 1. The topological polar surface area (TPSA) is 29.1 Å². The molecular weight excluding hydrogens is 337 g/mol. The molecule has 1 aromatic rings. The zero-order chi connectivity index (χ0) is 13.0. The Morgan fingerprint density at radius 2 is 1.83 bits per heavy atom. The quantitative estimate of drug-likeness (QED) is 0.813. The fraction of sp³-hybridized carbons (Fsp3) is 0.533. The minimum atomic E-state index is 0.108. The summed E-state index contributed by atoms with van der Waals surface area (Å²) in [5, 5.41) is 3.14. The van der Waals surface area contributed by atoms with E-state index in [1.165, 1.54) is 28.4 Å². The number of benzene rings is 1. The van der Waals surface area contributed by atoms with Gasteiger partial charge in [-0.25, -0.2) is 0 Å². The average molecular weight is 357 g/mol. The molecular formula is C15H20INO. The van der Waals surface area contributed by atoms with Crippen LogP contribution in [0.15, 0.2) is 24.3 Å². The number of rotatable bonds is 3. The van der Waals surface area contributed by atoms with Gasteiger partial charge in [-0.1, -0.05) is 31.4 Å². The lowest BCUT2D eigenvalue weighted by Gasteiger charge is -2.23. The summed E-state index contributed by atoms with van der Waals surface area (Å²) in [5.41, 5.74) is 1.18. The first-order chi connectivity index (χ1) is 8.66. The molecule has 1 saturated carbocycles. The molecule has 1 atom stereocenters. The summed E-state index contributed by atoms with van der Waals surface area (Å²) in [5.74, 6) is 0.478. The maximum Gasteiger partial charge on any atom is 0.223 e. The van der Waals surface area contributed by atoms with E-state index in [1.54, 1.807) is 0 Å². The van der Waals surface area contributed by atoms with E-state index in [0.717, 1.165) is 12.8 Å². The molecule has 18 heavy (non-hydrogen) atoms. The molecule has 0 bridgehead atoms. The van der Waals surface area contributed by atoms with Crippen LogP contribution in [0.3, 0.4) is 0 Å². The van der Waals surface area contributed by atoms with Gasteiger partial charge in [-0.2, -0.15) is 0 Å². The predicted octanol–water partition coefficient (Wildman–Crippen LogP) is 4.05. The predicted molar refractivity (Wildman–Crippen MR) is 82.3 cm³/mol. The van der Waals surface area contributed by atoms with Crippen LogP contribution < -0.4 is 5.32 Å². The number of amides is 1. The van der Waals surface area contributed by atoms with Gasteiger partial charge in [-0.3, -0.25) is 4.79 Å². The third-order valence-corrected chi connectivity index (χ3v) is 4.42. The third kappa shape index (κ3) is 3.70. The van der Waals surface area contributed by atoms with Crippen molar-refractivity contribution in [2.45, 2.75) is 45.1 Å². The molecule has 0 radical (unpaired) electrons. The largest absolute Gasteiger partial charge is 0.349 e. The highest BCUT2D eigenvalue weighted by molar-refractivity contribution is 14.1. The average Bonchev–Trinajstić information content (AvgIpc) is 2.40. The molecule has 1 aliphatic rings. The zero-order valence-electron chi connectivity index (χ0n) is 10.8. The lowest BCUT2D eigenvalue weighted by molar-refractivity contribution is -0.126. The first-order valence-electron chi connectivity index (χ1n) is 6.72. The summed E-state index contributed by atoms with van der Waals surface area (Å²) >= 11 is 2.29. The molecule has 1 aliphatic carbocycles. The number of hydrogen-bond donors (Lipinski definition) is 1. The van der Waals surface area contributed by atoms with Crippen molar-refractivity contribution < 1.29 is 4.79 Å². The van der Waals surface area contributed by atoms with Crippen LogP contribution in [-0.4, -0.2) is 5.91 Å². The standard InChI is InChI=1S/C15H20INO/c1-11(12-7-9-14(16)10-8-12)17-15(18)13-5-3-2-4-6-13/h7-11,13H,2-6H2,1H3,(H,17,18)/t11-/m0/s1. The van der Waals surface area contributed by atoms with Gasteiger partial charge in [-0.05, 0) is 60.1 Å². The highest BCUT2D eigenvalue weighted by atomic mass is 127. The van der Waals surface area contributed by atoms with Crippen LogP contribution in [-0.2, 0) is 4.79 Å². The highest BCUT2D eigenvalue weighted by Crippen LogP contribution is 2.24. The van der Waals surface area contributed by atoms with E-state index in [4.69, 9.17) is 0 Å². The number of nitrogens with one attached hydrogen (secondary N) is 1. The molecule has 3 heteroatoms. The molecule has 0 aliphatic heterocycles. The van der Waals surface area contributed by atoms with Gasteiger partial charge < -0.3 is 5.32 Å². The number of halogens is 1. The molecule has 0 unspecified atom stereocenters. The SMILES string of the molecule is C[C@H](NC(=O)C1CCCCC1)c1ccc(I)cc1. The number of hydrogen-bond acceptors (Lipinski definition) is 1. The summed E-state index contributed by atoms with van der Waals surface area (Å²) in [6.07, 6.45) is 5.82. The second-order valence-electron chi connectivity index (χ2n) is 5.12. The van der Waals surface area contributed by atoms with Gasteiger partial charge in [0.1, 0.15) is 0 Å². The van der Waals surface area contributed by atoms with E-state index in [9.17, 15) is 4.79 Å². The summed E-state index contributed by atoms with van der Waals surface area (Å²) in [7, 11) is 0. The Labute approximate surface area is 123 Å². The Morgan fingerprint density at radius 1 is 1.22 bits per heavy atom. The molecule has 0 spiro atoms. The van der Waals surface area contributed by atoms with Crippen LogP contribution >= 0.6 is 22.6 Å². The lowest BCUT2D eigenvalue weighted by atomic mass is 9.88. The van der Waals surface area contributed by atoms with E-state index in [0.29, 0.717) is 0 Å². The lowest BCUT2D eigenvalue weighted by Crippen LogP contribution is -2.33. The second kappa shape index (κ2) is 6.55. The Morgan fingerprint density at radius 3 is 2.44 bits per heavy atom. The van der Waals surface area contributed by atoms with Crippen molar-refractivity contribution in [3.63, 3.8) is 0 Å². The van der Waals surface area contributed by atoms with E-state index in [1.807, 2.05) is 0 Å². The zero-order valence-corrected chi connectivity index (χ0v) is 12.9. The van der Waals surface area contributed by atoms with Gasteiger partial charge in [0.25, 0.3) is 0 Å². The summed E-state index contributed by atoms with van der Waals surface area (Å²) in [6, 6.07) is 8.45. The first kappa shape index (κ1) is 13.8. The molecule has 1 aromatic carbocycles. The van der Waals surface area contributed by atoms with Crippen LogP contribution in [0.1, 0.15) is 50.6 Å². The van der Waals surface area contributed by atoms with Gasteiger partial charge in [0.2, 0.25) is 5.91 Å². The molecule has 1 fully saturated rings. The second-order valence-corrected chi connectivity index (χ2v) is 6.36. The normalized spacial score (nSPS) is 18.3. The molecule has 2 rings (SSSR count). The van der Waals surface area contributed by atoms with Gasteiger partial charge in [0.15, 0.2) is 0 Å². The van der Waals surface area contributed by atoms with E-state index in [-0.39, 0.29) is 17.9 Å². The van der Waals surface area contributed by atoms with Crippen molar-refractivity contribution in [1.29, 1.82) is 0 Å². The molecule has 0 saturated heterocycles. The highest BCUT2D eigenvalue weighted by Gasteiger charge is 2.22. The fourth-order valence-electron chi connectivity index (χ4n) is 2.53. The van der Waals surface area contributed by atoms with E-state index in [2.05, 4.69) is 59.1 Å². The fourth-order valence-corrected chi connectivity index (χ4v) is 2.89. The van der Waals surface area contributed by atoms with Crippen molar-refractivity contribution in [2.24, 2.45) is 5.92 Å². The minimum Gasteiger partial charge on any atom is -0.349 e. The summed E-state index contributed by atoms with van der Waals surface area (Å²) in [6.45, 7) is 2.06. The Hall–Kier alpha value is -0.580. The van der Waals surface area contributed by atoms with Crippen LogP contribution in [0.2, 0.25) is 0 Å². The first-order valence-corrected chi connectivity index (χ1v) is 7.80. The summed E-state index contributed by atoms with van der Waals surface area (Å²) < 4.78 is 1.22. The monoisotopic (exact) mass is 357 g/mol. The molecule has 1 N–H and O–H groups in total. The van der Waals surface area contributed by atoms with Crippen LogP contribution in [0.5, 0.6) is 0 Å². The molecule has 0 heterocycles. The van der Waals surface area contributed by atoms with Gasteiger partial charge in [0, 0.05) is 9.49 Å². The van der Waals surface area contributed by atoms with Crippen molar-refractivity contribution in [3.8, 4) is 0 Å². The maximum absolute atomic E-state index is 12.1. The Kier molecular flexibility index (Phi) is 5.03. The van der Waals surface area contributed by atoms with Crippen molar-refractivity contribution >= 4 is 28.5 Å². The maximum atomic E-state index is 12.1. The third-order valence-electron chi connectivity index (χ3n) is 3.70. The molecule has 98 valence electrons. The van der Waals surface area contributed by atoms with Crippen molar-refractivity contribution in [3.05, 3.63) is 33.4 Å². The van der Waals surface area contributed by atoms with E-state index >= 15 is 0 Å². The van der Waals surface area contributed by atoms with Gasteiger partial charge in [0.05, 0.1) is 6.04 Å². The molecule has 1 amide bonds. The van der Waals surface area contributed by atoms with Crippen LogP contribution in [0.25, 0.3) is 0 Å². The van der Waals surface area contributed by atoms with Crippen LogP contribution in [0, 0.1) is 9.49 Å².